The molecule has 0 aromatic heterocycles. The summed E-state index contributed by atoms with van der Waals surface area (Å²) in [5, 5.41) is 0. The van der Waals surface area contributed by atoms with Crippen LogP contribution in [0.25, 0.3) is 0 Å². The summed E-state index contributed by atoms with van der Waals surface area (Å²) in [5.74, 6) is -0.132. The van der Waals surface area contributed by atoms with Gasteiger partial charge < -0.3 is 9.64 Å². The van der Waals surface area contributed by atoms with E-state index in [1.165, 1.54) is 0 Å². The molecule has 0 radical (unpaired) electrons. The van der Waals surface area contributed by atoms with Gasteiger partial charge in [-0.25, -0.2) is 4.39 Å². The molecule has 0 aromatic rings. The monoisotopic (exact) mass is 271 g/mol. The summed E-state index contributed by atoms with van der Waals surface area (Å²) in [6.07, 6.45) is 0.438. The Hall–Kier alpha value is -0.970. The first kappa shape index (κ1) is 14.4. The van der Waals surface area contributed by atoms with Crippen LogP contribution in [0.5, 0.6) is 0 Å². The van der Waals surface area contributed by atoms with Crippen molar-refractivity contribution in [3.8, 4) is 0 Å². The third-order valence-corrected chi connectivity index (χ3v) is 3.84. The second kappa shape index (κ2) is 5.99. The van der Waals surface area contributed by atoms with Crippen molar-refractivity contribution < 1.29 is 18.7 Å². The van der Waals surface area contributed by atoms with Crippen LogP contribution in [0.4, 0.5) is 4.39 Å². The summed E-state index contributed by atoms with van der Waals surface area (Å²) >= 11 is 0. The van der Waals surface area contributed by atoms with Gasteiger partial charge in [0.15, 0.2) is 0 Å². The number of halogens is 1. The number of hydrogen-bond donors (Lipinski definition) is 0. The van der Waals surface area contributed by atoms with E-state index in [1.807, 2.05) is 13.8 Å². The lowest BCUT2D eigenvalue weighted by atomic mass is 10.0. The topological polar surface area (TPSA) is 46.6 Å². The lowest BCUT2D eigenvalue weighted by molar-refractivity contribution is -0.143. The fourth-order valence-corrected chi connectivity index (χ4v) is 2.87. The van der Waals surface area contributed by atoms with Crippen LogP contribution in [0.3, 0.4) is 0 Å². The van der Waals surface area contributed by atoms with Crippen molar-refractivity contribution in [3.05, 3.63) is 0 Å². The van der Waals surface area contributed by atoms with E-state index in [1.54, 1.807) is 4.90 Å². The number of carbonyl (C=O) groups excluding carboxylic acids is 2. The molecule has 0 N–H and O–H groups in total. The number of piperidine rings is 1. The zero-order chi connectivity index (χ0) is 14.0. The van der Waals surface area contributed by atoms with E-state index >= 15 is 0 Å². The van der Waals surface area contributed by atoms with Gasteiger partial charge in [-0.3, -0.25) is 9.59 Å². The van der Waals surface area contributed by atoms with Crippen molar-refractivity contribution >= 4 is 11.7 Å². The fraction of sp³-hybridized carbons (Fsp3) is 0.857. The predicted octanol–water partition coefficient (Wildman–Crippen LogP) is 1.72. The highest BCUT2D eigenvalue weighted by Gasteiger charge is 2.37. The third kappa shape index (κ3) is 3.53. The Morgan fingerprint density at radius 1 is 1.42 bits per heavy atom. The number of rotatable bonds is 3. The molecule has 5 heteroatoms. The van der Waals surface area contributed by atoms with E-state index in [9.17, 15) is 14.0 Å². The molecule has 108 valence electrons. The first-order valence-electron chi connectivity index (χ1n) is 7.07. The standard InChI is InChI=1S/C14H22FNO3/c1-9(2)19-13-5-6-16(8-12(13)15)14(18)10-3-4-11(17)7-10/h9-10,12-13H,3-8H2,1-2H3/t10?,12-,13+/m1/s1. The number of nitrogens with zero attached hydrogens (tertiary/aromatic N) is 1. The Morgan fingerprint density at radius 2 is 2.16 bits per heavy atom. The van der Waals surface area contributed by atoms with Crippen molar-refractivity contribution in [3.63, 3.8) is 0 Å². The molecule has 1 saturated heterocycles. The second-order valence-corrected chi connectivity index (χ2v) is 5.79. The third-order valence-electron chi connectivity index (χ3n) is 3.84. The largest absolute Gasteiger partial charge is 0.372 e. The minimum Gasteiger partial charge on any atom is -0.372 e. The Bertz CT molecular complexity index is 359. The first-order valence-corrected chi connectivity index (χ1v) is 7.07. The highest BCUT2D eigenvalue weighted by atomic mass is 19.1. The van der Waals surface area contributed by atoms with Crippen molar-refractivity contribution in [2.24, 2.45) is 5.92 Å². The van der Waals surface area contributed by atoms with Gasteiger partial charge in [0.1, 0.15) is 12.0 Å². The number of likely N-dealkylation sites (tertiary alicyclic amines) is 1. The molecule has 1 aliphatic heterocycles. The van der Waals surface area contributed by atoms with Crippen molar-refractivity contribution in [2.75, 3.05) is 13.1 Å². The van der Waals surface area contributed by atoms with Gasteiger partial charge in [-0.2, -0.15) is 0 Å². The van der Waals surface area contributed by atoms with Crippen LogP contribution >= 0.6 is 0 Å². The summed E-state index contributed by atoms with van der Waals surface area (Å²) < 4.78 is 19.5. The summed E-state index contributed by atoms with van der Waals surface area (Å²) in [7, 11) is 0. The van der Waals surface area contributed by atoms with Gasteiger partial charge in [0.05, 0.1) is 18.8 Å². The van der Waals surface area contributed by atoms with E-state index in [-0.39, 0.29) is 30.3 Å². The van der Waals surface area contributed by atoms with Crippen LogP contribution in [0.15, 0.2) is 0 Å². The molecule has 0 aromatic carbocycles. The highest BCUT2D eigenvalue weighted by Crippen LogP contribution is 2.27. The molecule has 1 heterocycles. The van der Waals surface area contributed by atoms with Crippen molar-refractivity contribution in [1.29, 1.82) is 0 Å². The molecule has 0 bridgehead atoms. The van der Waals surface area contributed by atoms with Gasteiger partial charge in [0, 0.05) is 25.3 Å². The molecule has 1 amide bonds. The Balaban J connectivity index is 1.87. The number of hydrogen-bond acceptors (Lipinski definition) is 3. The molecular weight excluding hydrogens is 249 g/mol. The van der Waals surface area contributed by atoms with Crippen LogP contribution in [-0.4, -0.2) is 48.1 Å². The molecule has 1 aliphatic carbocycles. The van der Waals surface area contributed by atoms with E-state index in [4.69, 9.17) is 4.74 Å². The summed E-state index contributed by atoms with van der Waals surface area (Å²) in [5.41, 5.74) is 0. The molecule has 3 atom stereocenters. The number of Topliss-reactive ketones (excluding diaryl/α,β-unsaturated/α-hetero) is 1. The average molecular weight is 271 g/mol. The zero-order valence-electron chi connectivity index (χ0n) is 11.6. The maximum Gasteiger partial charge on any atom is 0.226 e. The molecule has 1 saturated carbocycles. The maximum absolute atomic E-state index is 14.0. The van der Waals surface area contributed by atoms with Gasteiger partial charge in [0.2, 0.25) is 5.91 Å². The molecule has 1 unspecified atom stereocenters. The lowest BCUT2D eigenvalue weighted by Crippen LogP contribution is -2.50. The predicted molar refractivity (Wildman–Crippen MR) is 68.5 cm³/mol. The van der Waals surface area contributed by atoms with E-state index < -0.39 is 12.3 Å². The summed E-state index contributed by atoms with van der Waals surface area (Å²) in [4.78, 5) is 25.0. The summed E-state index contributed by atoms with van der Waals surface area (Å²) in [6.45, 7) is 4.39. The van der Waals surface area contributed by atoms with Gasteiger partial charge >= 0.3 is 0 Å². The number of amides is 1. The lowest BCUT2D eigenvalue weighted by Gasteiger charge is -2.36. The Labute approximate surface area is 113 Å². The molecule has 2 aliphatic rings. The number of ether oxygens (including phenoxy) is 1. The molecule has 19 heavy (non-hydrogen) atoms. The molecule has 2 fully saturated rings. The maximum atomic E-state index is 14.0. The number of carbonyl (C=O) groups is 2. The minimum absolute atomic E-state index is 0.00189. The van der Waals surface area contributed by atoms with Gasteiger partial charge in [0.25, 0.3) is 0 Å². The molecule has 4 nitrogen and oxygen atoms in total. The SMILES string of the molecule is CC(C)O[C@H]1CCN(C(=O)C2CCC(=O)C2)C[C@H]1F. The Morgan fingerprint density at radius 3 is 2.68 bits per heavy atom. The van der Waals surface area contributed by atoms with Crippen LogP contribution in [0.1, 0.15) is 39.5 Å². The van der Waals surface area contributed by atoms with Gasteiger partial charge in [-0.1, -0.05) is 0 Å². The number of alkyl halides is 1. The van der Waals surface area contributed by atoms with Crippen molar-refractivity contribution in [1.82, 2.24) is 4.90 Å². The smallest absolute Gasteiger partial charge is 0.226 e. The van der Waals surface area contributed by atoms with E-state index in [0.717, 1.165) is 0 Å². The number of ketones is 1. The van der Waals surface area contributed by atoms with Crippen molar-refractivity contribution in [2.45, 2.75) is 57.9 Å². The van der Waals surface area contributed by atoms with Crippen LogP contribution in [0, 0.1) is 5.92 Å². The molecule has 2 rings (SSSR count). The van der Waals surface area contributed by atoms with E-state index in [2.05, 4.69) is 0 Å². The van der Waals surface area contributed by atoms with Crippen LogP contribution in [-0.2, 0) is 14.3 Å². The van der Waals surface area contributed by atoms with E-state index in [0.29, 0.717) is 32.2 Å². The molecule has 0 spiro atoms. The quantitative estimate of drug-likeness (QED) is 0.785. The fourth-order valence-electron chi connectivity index (χ4n) is 2.87. The van der Waals surface area contributed by atoms with Crippen LogP contribution < -0.4 is 0 Å². The minimum atomic E-state index is -1.13. The average Bonchev–Trinajstić information content (AvgIpc) is 2.77. The van der Waals surface area contributed by atoms with Gasteiger partial charge in [-0.15, -0.1) is 0 Å². The van der Waals surface area contributed by atoms with Gasteiger partial charge in [-0.05, 0) is 26.7 Å². The zero-order valence-corrected chi connectivity index (χ0v) is 11.6. The van der Waals surface area contributed by atoms with Crippen LogP contribution in [0.2, 0.25) is 0 Å². The summed E-state index contributed by atoms with van der Waals surface area (Å²) in [6, 6.07) is 0. The first-order chi connectivity index (χ1) is 8.97. The second-order valence-electron chi connectivity index (χ2n) is 5.79. The molecular formula is C14H22FNO3. The highest BCUT2D eigenvalue weighted by molar-refractivity contribution is 5.90. The Kier molecular flexibility index (Phi) is 4.55. The normalized spacial score (nSPS) is 32.1.